The molecule has 0 N–H and O–H groups in total. The van der Waals surface area contributed by atoms with Crippen molar-refractivity contribution in [3.8, 4) is 0 Å². The van der Waals surface area contributed by atoms with Crippen molar-refractivity contribution in [2.45, 2.75) is 45.6 Å². The van der Waals surface area contributed by atoms with E-state index in [1.807, 2.05) is 19.1 Å². The Morgan fingerprint density at radius 2 is 1.56 bits per heavy atom. The second-order valence-corrected chi connectivity index (χ2v) is 6.19. The van der Waals surface area contributed by atoms with Gasteiger partial charge in [-0.1, -0.05) is 62.7 Å². The molecule has 1 unspecified atom stereocenters. The van der Waals surface area contributed by atoms with Crippen molar-refractivity contribution >= 4 is 17.9 Å². The summed E-state index contributed by atoms with van der Waals surface area (Å²) in [7, 11) is 0. The molecule has 0 bridgehead atoms. The second kappa shape index (κ2) is 10.3. The molecule has 0 saturated carbocycles. The Balaban J connectivity index is 2.17. The monoisotopic (exact) mass is 368 g/mol. The van der Waals surface area contributed by atoms with Crippen LogP contribution in [0.15, 0.2) is 54.6 Å². The van der Waals surface area contributed by atoms with Gasteiger partial charge in [0.25, 0.3) is 0 Å². The number of aryl methyl sites for hydroxylation is 1. The molecule has 2 aromatic rings. The summed E-state index contributed by atoms with van der Waals surface area (Å²) in [6.45, 7) is 3.89. The first-order valence-corrected chi connectivity index (χ1v) is 9.14. The van der Waals surface area contributed by atoms with E-state index in [9.17, 15) is 14.4 Å². The molecule has 0 spiro atoms. The van der Waals surface area contributed by atoms with E-state index < -0.39 is 24.0 Å². The highest BCUT2D eigenvalue weighted by molar-refractivity contribution is 5.94. The van der Waals surface area contributed by atoms with Crippen molar-refractivity contribution in [3.63, 3.8) is 0 Å². The Kier molecular flexibility index (Phi) is 7.74. The van der Waals surface area contributed by atoms with Gasteiger partial charge in [-0.15, -0.1) is 0 Å². The molecule has 0 aliphatic heterocycles. The average molecular weight is 368 g/mol. The van der Waals surface area contributed by atoms with E-state index in [1.54, 1.807) is 42.5 Å². The van der Waals surface area contributed by atoms with Crippen molar-refractivity contribution < 1.29 is 23.9 Å². The molecular formula is C22H24O5. The van der Waals surface area contributed by atoms with Crippen LogP contribution in [0, 0.1) is 0 Å². The third kappa shape index (κ3) is 6.06. The van der Waals surface area contributed by atoms with Crippen LogP contribution in [0.25, 0.3) is 0 Å². The topological polar surface area (TPSA) is 69.7 Å². The number of ether oxygens (including phenoxy) is 2. The fourth-order valence-electron chi connectivity index (χ4n) is 2.57. The summed E-state index contributed by atoms with van der Waals surface area (Å²) in [6.07, 6.45) is 1.33. The molecule has 0 aromatic heterocycles. The minimum atomic E-state index is -1.30. The number of esters is 3. The van der Waals surface area contributed by atoms with Gasteiger partial charge in [0.1, 0.15) is 0 Å². The Hall–Kier alpha value is -2.95. The fourth-order valence-corrected chi connectivity index (χ4v) is 2.57. The van der Waals surface area contributed by atoms with Gasteiger partial charge in [0, 0.05) is 12.0 Å². The Labute approximate surface area is 159 Å². The van der Waals surface area contributed by atoms with Crippen LogP contribution in [0.2, 0.25) is 0 Å². The predicted molar refractivity (Wildman–Crippen MR) is 101 cm³/mol. The van der Waals surface area contributed by atoms with E-state index in [0.717, 1.165) is 18.4 Å². The lowest BCUT2D eigenvalue weighted by molar-refractivity contribution is -0.166. The maximum Gasteiger partial charge on any atom is 0.359 e. The molecule has 0 aliphatic rings. The van der Waals surface area contributed by atoms with Gasteiger partial charge in [0.15, 0.2) is 0 Å². The molecule has 0 saturated heterocycles. The quantitative estimate of drug-likeness (QED) is 0.510. The van der Waals surface area contributed by atoms with Crippen molar-refractivity contribution in [1.82, 2.24) is 0 Å². The summed E-state index contributed by atoms with van der Waals surface area (Å²) in [6, 6.07) is 15.6. The molecule has 0 aliphatic carbocycles. The lowest BCUT2D eigenvalue weighted by atomic mass is 10.1. The number of benzene rings is 2. The average Bonchev–Trinajstić information content (AvgIpc) is 2.67. The summed E-state index contributed by atoms with van der Waals surface area (Å²) in [4.78, 5) is 36.6. The van der Waals surface area contributed by atoms with Crippen molar-refractivity contribution in [2.24, 2.45) is 0 Å². The molecule has 0 heterocycles. The zero-order chi connectivity index (χ0) is 19.6. The van der Waals surface area contributed by atoms with E-state index >= 15 is 0 Å². The summed E-state index contributed by atoms with van der Waals surface area (Å²) in [5.74, 6) is -2.18. The normalized spacial score (nSPS) is 11.5. The molecule has 2 rings (SSSR count). The summed E-state index contributed by atoms with van der Waals surface area (Å²) < 4.78 is 10.2. The largest absolute Gasteiger partial charge is 0.442 e. The fraction of sp³-hybridized carbons (Fsp3) is 0.318. The van der Waals surface area contributed by atoms with Crippen LogP contribution in [-0.2, 0) is 25.5 Å². The third-order valence-corrected chi connectivity index (χ3v) is 3.94. The van der Waals surface area contributed by atoms with Gasteiger partial charge >= 0.3 is 17.9 Å². The highest BCUT2D eigenvalue weighted by Crippen LogP contribution is 2.21. The molecule has 1 atom stereocenters. The van der Waals surface area contributed by atoms with Crippen LogP contribution in [-0.4, -0.2) is 17.9 Å². The summed E-state index contributed by atoms with van der Waals surface area (Å²) in [5, 5.41) is 0. The van der Waals surface area contributed by atoms with Gasteiger partial charge < -0.3 is 9.47 Å². The van der Waals surface area contributed by atoms with Crippen LogP contribution >= 0.6 is 0 Å². The Bertz CT molecular complexity index is 765. The predicted octanol–water partition coefficient (Wildman–Crippen LogP) is 4.41. The first kappa shape index (κ1) is 20.4. The van der Waals surface area contributed by atoms with E-state index in [0.29, 0.717) is 17.5 Å². The van der Waals surface area contributed by atoms with E-state index in [4.69, 9.17) is 9.47 Å². The van der Waals surface area contributed by atoms with Gasteiger partial charge in [-0.3, -0.25) is 4.79 Å². The third-order valence-electron chi connectivity index (χ3n) is 3.94. The lowest BCUT2D eigenvalue weighted by Crippen LogP contribution is -2.24. The van der Waals surface area contributed by atoms with Gasteiger partial charge in [-0.25, -0.2) is 9.59 Å². The van der Waals surface area contributed by atoms with Crippen LogP contribution < -0.4 is 0 Å². The number of hydrogen-bond acceptors (Lipinski definition) is 5. The van der Waals surface area contributed by atoms with Crippen LogP contribution in [0.3, 0.4) is 0 Å². The van der Waals surface area contributed by atoms with Gasteiger partial charge in [0.2, 0.25) is 6.10 Å². The highest BCUT2D eigenvalue weighted by atomic mass is 16.6. The number of rotatable bonds is 8. The van der Waals surface area contributed by atoms with Crippen LogP contribution in [0.4, 0.5) is 0 Å². The molecule has 0 fully saturated rings. The smallest absolute Gasteiger partial charge is 0.359 e. The molecule has 5 nitrogen and oxygen atoms in total. The van der Waals surface area contributed by atoms with Crippen molar-refractivity contribution in [1.29, 1.82) is 0 Å². The minimum absolute atomic E-state index is 0.125. The molecule has 2 aromatic carbocycles. The second-order valence-electron chi connectivity index (χ2n) is 6.19. The van der Waals surface area contributed by atoms with Crippen LogP contribution in [0.1, 0.15) is 60.7 Å². The first-order chi connectivity index (χ1) is 13.0. The molecular weight excluding hydrogens is 344 g/mol. The van der Waals surface area contributed by atoms with E-state index in [2.05, 4.69) is 6.92 Å². The van der Waals surface area contributed by atoms with Gasteiger partial charge in [0.05, 0.1) is 5.56 Å². The van der Waals surface area contributed by atoms with Crippen molar-refractivity contribution in [2.75, 3.05) is 0 Å². The maximum atomic E-state index is 12.5. The Morgan fingerprint density at radius 3 is 2.15 bits per heavy atom. The van der Waals surface area contributed by atoms with Gasteiger partial charge in [-0.2, -0.15) is 0 Å². The van der Waals surface area contributed by atoms with Crippen molar-refractivity contribution in [3.05, 3.63) is 71.3 Å². The first-order valence-electron chi connectivity index (χ1n) is 9.14. The SMILES string of the molecule is CCCC(=O)OC(=O)C(OC(=O)c1ccc(CCC)cc1)c1ccccc1. The van der Waals surface area contributed by atoms with Gasteiger partial charge in [-0.05, 0) is 30.5 Å². The number of carbonyl (C=O) groups excluding carboxylic acids is 3. The zero-order valence-corrected chi connectivity index (χ0v) is 15.6. The Morgan fingerprint density at radius 1 is 0.889 bits per heavy atom. The maximum absolute atomic E-state index is 12.5. The molecule has 142 valence electrons. The number of hydrogen-bond donors (Lipinski definition) is 0. The van der Waals surface area contributed by atoms with E-state index in [-0.39, 0.29) is 6.42 Å². The lowest BCUT2D eigenvalue weighted by Gasteiger charge is -2.16. The molecule has 0 radical (unpaired) electrons. The molecule has 0 amide bonds. The summed E-state index contributed by atoms with van der Waals surface area (Å²) in [5.41, 5.74) is 1.91. The molecule has 27 heavy (non-hydrogen) atoms. The highest BCUT2D eigenvalue weighted by Gasteiger charge is 2.28. The summed E-state index contributed by atoms with van der Waals surface area (Å²) >= 11 is 0. The minimum Gasteiger partial charge on any atom is -0.442 e. The standard InChI is InChI=1S/C22H24O5/c1-3-8-16-12-14-18(15-13-16)21(24)27-20(17-10-6-5-7-11-17)22(25)26-19(23)9-4-2/h5-7,10-15,20H,3-4,8-9H2,1-2H3. The zero-order valence-electron chi connectivity index (χ0n) is 15.6. The van der Waals surface area contributed by atoms with E-state index in [1.165, 1.54) is 0 Å². The number of carbonyl (C=O) groups is 3. The van der Waals surface area contributed by atoms with Crippen LogP contribution in [0.5, 0.6) is 0 Å². The molecule has 5 heteroatoms.